The second-order valence-electron chi connectivity index (χ2n) is 4.71. The lowest BCUT2D eigenvalue weighted by atomic mass is 9.88. The molecule has 3 rings (SSSR count). The Balaban J connectivity index is 2.24. The molecule has 80 valence electrons. The molecule has 2 aliphatic heterocycles. The molecular weight excluding hydrogens is 192 g/mol. The van der Waals surface area contributed by atoms with Gasteiger partial charge in [0.25, 0.3) is 0 Å². The zero-order chi connectivity index (χ0) is 10.6. The first-order valence-electron chi connectivity index (χ1n) is 5.32. The first-order valence-corrected chi connectivity index (χ1v) is 5.32. The highest BCUT2D eigenvalue weighted by Crippen LogP contribution is 2.50. The molecule has 0 spiro atoms. The van der Waals surface area contributed by atoms with Crippen LogP contribution in [-0.4, -0.2) is 16.3 Å². The average molecular weight is 206 g/mol. The lowest BCUT2D eigenvalue weighted by Gasteiger charge is -2.33. The van der Waals surface area contributed by atoms with Crippen molar-refractivity contribution in [2.24, 2.45) is 0 Å². The summed E-state index contributed by atoms with van der Waals surface area (Å²) in [4.78, 5) is 0. The fourth-order valence-electron chi connectivity index (χ4n) is 2.94. The Kier molecular flexibility index (Phi) is 1.61. The van der Waals surface area contributed by atoms with Crippen LogP contribution in [0.3, 0.4) is 0 Å². The number of hydrogen-bond donors (Lipinski definition) is 2. The number of aromatic hydroxyl groups is 2. The third-order valence-corrected chi connectivity index (χ3v) is 3.53. The summed E-state index contributed by atoms with van der Waals surface area (Å²) in [5.41, 5.74) is 1.55. The van der Waals surface area contributed by atoms with Gasteiger partial charge in [0.05, 0.1) is 11.7 Å². The van der Waals surface area contributed by atoms with E-state index in [0.29, 0.717) is 0 Å². The van der Waals surface area contributed by atoms with E-state index in [9.17, 15) is 10.2 Å². The maximum Gasteiger partial charge on any atom is 0.125 e. The second-order valence-corrected chi connectivity index (χ2v) is 4.71. The van der Waals surface area contributed by atoms with Gasteiger partial charge in [0, 0.05) is 11.6 Å². The smallest absolute Gasteiger partial charge is 0.125 e. The largest absolute Gasteiger partial charge is 0.508 e. The van der Waals surface area contributed by atoms with E-state index in [1.165, 1.54) is 6.07 Å². The topological polar surface area (TPSA) is 49.7 Å². The van der Waals surface area contributed by atoms with Crippen LogP contribution < -0.4 is 0 Å². The van der Waals surface area contributed by atoms with Gasteiger partial charge in [-0.3, -0.25) is 0 Å². The lowest BCUT2D eigenvalue weighted by Crippen LogP contribution is -2.29. The monoisotopic (exact) mass is 206 g/mol. The first-order chi connectivity index (χ1) is 7.08. The van der Waals surface area contributed by atoms with Gasteiger partial charge < -0.3 is 14.9 Å². The van der Waals surface area contributed by atoms with Gasteiger partial charge in [0.1, 0.15) is 11.5 Å². The predicted molar refractivity (Wildman–Crippen MR) is 54.9 cm³/mol. The number of phenols is 2. The highest BCUT2D eigenvalue weighted by molar-refractivity contribution is 5.50. The maximum atomic E-state index is 9.88. The predicted octanol–water partition coefficient (Wildman–Crippen LogP) is 2.05. The molecule has 0 radical (unpaired) electrons. The lowest BCUT2D eigenvalue weighted by molar-refractivity contribution is -0.0451. The van der Waals surface area contributed by atoms with Gasteiger partial charge in [0.2, 0.25) is 0 Å². The summed E-state index contributed by atoms with van der Waals surface area (Å²) in [7, 11) is 0. The van der Waals surface area contributed by atoms with E-state index in [0.717, 1.165) is 30.4 Å². The Morgan fingerprint density at radius 2 is 2.20 bits per heavy atom. The van der Waals surface area contributed by atoms with Crippen molar-refractivity contribution in [2.75, 3.05) is 0 Å². The SMILES string of the molecule is C[C@]12CC[C@H](Cc3cc(O)cc(O)c31)O2. The minimum absolute atomic E-state index is 0.135. The summed E-state index contributed by atoms with van der Waals surface area (Å²) in [6.45, 7) is 2.02. The van der Waals surface area contributed by atoms with E-state index in [2.05, 4.69) is 0 Å². The van der Waals surface area contributed by atoms with Crippen LogP contribution in [0.2, 0.25) is 0 Å². The molecule has 0 amide bonds. The number of rotatable bonds is 0. The van der Waals surface area contributed by atoms with Crippen molar-refractivity contribution in [3.8, 4) is 11.5 Å². The summed E-state index contributed by atoms with van der Waals surface area (Å²) in [5.74, 6) is 0.295. The van der Waals surface area contributed by atoms with E-state index >= 15 is 0 Å². The van der Waals surface area contributed by atoms with E-state index < -0.39 is 0 Å². The zero-order valence-corrected chi connectivity index (χ0v) is 8.66. The molecule has 3 nitrogen and oxygen atoms in total. The number of fused-ring (bicyclic) bond motifs is 4. The minimum Gasteiger partial charge on any atom is -0.508 e. The van der Waals surface area contributed by atoms with Crippen molar-refractivity contribution in [1.82, 2.24) is 0 Å². The average Bonchev–Trinajstić information content (AvgIpc) is 2.40. The molecule has 1 fully saturated rings. The first kappa shape index (κ1) is 9.04. The van der Waals surface area contributed by atoms with Gasteiger partial charge in [-0.1, -0.05) is 0 Å². The van der Waals surface area contributed by atoms with Crippen LogP contribution in [0.1, 0.15) is 30.9 Å². The molecule has 3 heteroatoms. The molecule has 0 aliphatic carbocycles. The van der Waals surface area contributed by atoms with Crippen molar-refractivity contribution >= 4 is 0 Å². The van der Waals surface area contributed by atoms with E-state index in [1.54, 1.807) is 6.07 Å². The van der Waals surface area contributed by atoms with Crippen molar-refractivity contribution in [3.05, 3.63) is 23.3 Å². The molecule has 15 heavy (non-hydrogen) atoms. The van der Waals surface area contributed by atoms with Gasteiger partial charge in [0.15, 0.2) is 0 Å². The zero-order valence-electron chi connectivity index (χ0n) is 8.66. The Labute approximate surface area is 88.3 Å². The van der Waals surface area contributed by atoms with Crippen molar-refractivity contribution in [3.63, 3.8) is 0 Å². The Morgan fingerprint density at radius 3 is 3.00 bits per heavy atom. The van der Waals surface area contributed by atoms with E-state index in [1.807, 2.05) is 6.92 Å². The second kappa shape index (κ2) is 2.67. The highest BCUT2D eigenvalue weighted by Gasteiger charge is 2.44. The van der Waals surface area contributed by atoms with Crippen LogP contribution in [0.5, 0.6) is 11.5 Å². The van der Waals surface area contributed by atoms with Gasteiger partial charge >= 0.3 is 0 Å². The number of benzene rings is 1. The van der Waals surface area contributed by atoms with Crippen LogP contribution in [0, 0.1) is 0 Å². The standard InChI is InChI=1S/C12H14O3/c1-12-3-2-9(15-12)5-7-4-8(13)6-10(14)11(7)12/h4,6,9,13-14H,2-3,5H2,1H3/t9-,12+/m1/s1. The molecule has 0 unspecified atom stereocenters. The Bertz CT molecular complexity index is 427. The third-order valence-electron chi connectivity index (χ3n) is 3.53. The third kappa shape index (κ3) is 1.16. The Morgan fingerprint density at radius 1 is 1.40 bits per heavy atom. The summed E-state index contributed by atoms with van der Waals surface area (Å²) in [6, 6.07) is 3.14. The molecule has 1 saturated heterocycles. The van der Waals surface area contributed by atoms with Gasteiger partial charge in [-0.25, -0.2) is 0 Å². The van der Waals surface area contributed by atoms with E-state index in [4.69, 9.17) is 4.74 Å². The molecule has 2 aliphatic rings. The van der Waals surface area contributed by atoms with Crippen LogP contribution in [0.15, 0.2) is 12.1 Å². The molecule has 0 aromatic heterocycles. The number of phenolic OH excluding ortho intramolecular Hbond substituents is 2. The van der Waals surface area contributed by atoms with Crippen LogP contribution in [0.4, 0.5) is 0 Å². The molecule has 2 N–H and O–H groups in total. The Hall–Kier alpha value is -1.22. The molecular formula is C12H14O3. The molecule has 1 aromatic carbocycles. The molecule has 0 saturated carbocycles. The quantitative estimate of drug-likeness (QED) is 0.683. The van der Waals surface area contributed by atoms with Gasteiger partial charge in [-0.2, -0.15) is 0 Å². The van der Waals surface area contributed by atoms with Crippen LogP contribution in [-0.2, 0) is 16.8 Å². The van der Waals surface area contributed by atoms with Gasteiger partial charge in [-0.05, 0) is 37.8 Å². The molecule has 2 atom stereocenters. The maximum absolute atomic E-state index is 9.88. The molecule has 1 aromatic rings. The van der Waals surface area contributed by atoms with Crippen molar-refractivity contribution in [1.29, 1.82) is 0 Å². The van der Waals surface area contributed by atoms with Crippen LogP contribution >= 0.6 is 0 Å². The summed E-state index contributed by atoms with van der Waals surface area (Å²) in [5, 5.41) is 19.3. The number of ether oxygens (including phenoxy) is 1. The van der Waals surface area contributed by atoms with Crippen LogP contribution in [0.25, 0.3) is 0 Å². The summed E-state index contributed by atoms with van der Waals surface area (Å²) >= 11 is 0. The fraction of sp³-hybridized carbons (Fsp3) is 0.500. The normalized spacial score (nSPS) is 32.7. The van der Waals surface area contributed by atoms with Crippen molar-refractivity contribution < 1.29 is 14.9 Å². The number of hydrogen-bond acceptors (Lipinski definition) is 3. The van der Waals surface area contributed by atoms with E-state index in [-0.39, 0.29) is 23.2 Å². The molecule has 2 heterocycles. The highest BCUT2D eigenvalue weighted by atomic mass is 16.5. The summed E-state index contributed by atoms with van der Waals surface area (Å²) < 4.78 is 5.89. The molecule has 2 bridgehead atoms. The fourth-order valence-corrected chi connectivity index (χ4v) is 2.94. The van der Waals surface area contributed by atoms with Crippen molar-refractivity contribution in [2.45, 2.75) is 37.9 Å². The summed E-state index contributed by atoms with van der Waals surface area (Å²) in [6.07, 6.45) is 3.03. The minimum atomic E-state index is -0.351. The van der Waals surface area contributed by atoms with Gasteiger partial charge in [-0.15, -0.1) is 0 Å².